The Morgan fingerprint density at radius 1 is 1.03 bits per heavy atom. The summed E-state index contributed by atoms with van der Waals surface area (Å²) in [5, 5.41) is 3.25. The molecule has 1 aliphatic heterocycles. The van der Waals surface area contributed by atoms with E-state index in [1.54, 1.807) is 13.2 Å². The van der Waals surface area contributed by atoms with Crippen molar-refractivity contribution in [2.75, 3.05) is 33.3 Å². The molecule has 1 fully saturated rings. The Morgan fingerprint density at radius 2 is 1.76 bits per heavy atom. The van der Waals surface area contributed by atoms with Crippen molar-refractivity contribution in [3.8, 4) is 11.5 Å². The molecular weight excluding hydrogens is 381 g/mol. The highest BCUT2D eigenvalue weighted by Crippen LogP contribution is 2.36. The molecule has 4 nitrogen and oxygen atoms in total. The number of hydrogen-bond donors (Lipinski definition) is 1. The average molecular weight is 408 g/mol. The standard InChI is InChI=1S/C22H27F3N2O2/c1-28-21-15-18(7-8-20(21)29-16-17-5-3-2-4-6-17)19(9-10-22(23,24)25)27-13-11-26-12-14-27/h2-8,15,19,26H,9-14,16H2,1H3/t19-/m0/s1. The van der Waals surface area contributed by atoms with Crippen LogP contribution in [0.1, 0.15) is 30.0 Å². The van der Waals surface area contributed by atoms with Gasteiger partial charge in [0.15, 0.2) is 11.5 Å². The van der Waals surface area contributed by atoms with E-state index in [0.29, 0.717) is 18.1 Å². The Bertz CT molecular complexity index is 762. The molecule has 1 heterocycles. The molecule has 0 radical (unpaired) electrons. The summed E-state index contributed by atoms with van der Waals surface area (Å²) >= 11 is 0. The molecule has 0 unspecified atom stereocenters. The first kappa shape index (κ1) is 21.5. The molecule has 0 bridgehead atoms. The largest absolute Gasteiger partial charge is 0.493 e. The molecule has 2 aromatic rings. The number of halogens is 3. The topological polar surface area (TPSA) is 33.7 Å². The lowest BCUT2D eigenvalue weighted by Crippen LogP contribution is -2.45. The van der Waals surface area contributed by atoms with Crippen LogP contribution < -0.4 is 14.8 Å². The summed E-state index contributed by atoms with van der Waals surface area (Å²) in [6.45, 7) is 3.38. The minimum Gasteiger partial charge on any atom is -0.493 e. The van der Waals surface area contributed by atoms with E-state index in [1.165, 1.54) is 0 Å². The van der Waals surface area contributed by atoms with Crippen LogP contribution in [-0.2, 0) is 6.61 Å². The predicted octanol–water partition coefficient (Wildman–Crippen LogP) is 4.56. The molecule has 29 heavy (non-hydrogen) atoms. The highest BCUT2D eigenvalue weighted by atomic mass is 19.4. The zero-order chi connectivity index (χ0) is 20.7. The van der Waals surface area contributed by atoms with Gasteiger partial charge in [0.25, 0.3) is 0 Å². The molecule has 2 aromatic carbocycles. The summed E-state index contributed by atoms with van der Waals surface area (Å²) in [6.07, 6.45) is -4.96. The highest BCUT2D eigenvalue weighted by Gasteiger charge is 2.31. The van der Waals surface area contributed by atoms with Crippen LogP contribution in [0.3, 0.4) is 0 Å². The normalized spacial score (nSPS) is 16.4. The zero-order valence-electron chi connectivity index (χ0n) is 16.5. The first-order chi connectivity index (χ1) is 14.0. The fraction of sp³-hybridized carbons (Fsp3) is 0.455. The Morgan fingerprint density at radius 3 is 2.41 bits per heavy atom. The fourth-order valence-electron chi connectivity index (χ4n) is 3.60. The molecule has 158 valence electrons. The Labute approximate surface area is 169 Å². The van der Waals surface area contributed by atoms with Crippen LogP contribution in [0.5, 0.6) is 11.5 Å². The molecule has 0 aliphatic carbocycles. The number of nitrogens with one attached hydrogen (secondary N) is 1. The highest BCUT2D eigenvalue weighted by molar-refractivity contribution is 5.44. The van der Waals surface area contributed by atoms with Gasteiger partial charge in [0.1, 0.15) is 6.61 Å². The first-order valence-corrected chi connectivity index (χ1v) is 9.82. The minimum atomic E-state index is -4.17. The number of hydrogen-bond acceptors (Lipinski definition) is 4. The molecule has 0 spiro atoms. The van der Waals surface area contributed by atoms with Crippen LogP contribution >= 0.6 is 0 Å². The number of alkyl halides is 3. The summed E-state index contributed by atoms with van der Waals surface area (Å²) in [5.74, 6) is 1.11. The second kappa shape index (κ2) is 9.98. The first-order valence-electron chi connectivity index (χ1n) is 9.82. The van der Waals surface area contributed by atoms with Gasteiger partial charge in [-0.25, -0.2) is 0 Å². The quantitative estimate of drug-likeness (QED) is 0.694. The summed E-state index contributed by atoms with van der Waals surface area (Å²) in [6, 6.07) is 14.9. The number of piperazine rings is 1. The van der Waals surface area contributed by atoms with Crippen molar-refractivity contribution in [1.82, 2.24) is 10.2 Å². The third-order valence-corrected chi connectivity index (χ3v) is 5.10. The fourth-order valence-corrected chi connectivity index (χ4v) is 3.60. The molecule has 1 atom stereocenters. The predicted molar refractivity (Wildman–Crippen MR) is 106 cm³/mol. The molecule has 1 saturated heterocycles. The average Bonchev–Trinajstić information content (AvgIpc) is 2.73. The van der Waals surface area contributed by atoms with Gasteiger partial charge in [-0.15, -0.1) is 0 Å². The maximum Gasteiger partial charge on any atom is 0.389 e. The van der Waals surface area contributed by atoms with Gasteiger partial charge in [-0.05, 0) is 29.7 Å². The lowest BCUT2D eigenvalue weighted by molar-refractivity contribution is -0.138. The van der Waals surface area contributed by atoms with Crippen molar-refractivity contribution in [1.29, 1.82) is 0 Å². The number of nitrogens with zero attached hydrogens (tertiary/aromatic N) is 1. The molecule has 7 heteroatoms. The van der Waals surface area contributed by atoms with Crippen molar-refractivity contribution in [2.45, 2.75) is 31.7 Å². The van der Waals surface area contributed by atoms with E-state index in [1.807, 2.05) is 42.5 Å². The van der Waals surface area contributed by atoms with Crippen molar-refractivity contribution < 1.29 is 22.6 Å². The molecule has 1 aliphatic rings. The molecule has 1 N–H and O–H groups in total. The van der Waals surface area contributed by atoms with Crippen LogP contribution in [0.15, 0.2) is 48.5 Å². The van der Waals surface area contributed by atoms with E-state index in [9.17, 15) is 13.2 Å². The summed E-state index contributed by atoms with van der Waals surface area (Å²) in [7, 11) is 1.55. The van der Waals surface area contributed by atoms with Crippen LogP contribution in [0, 0.1) is 0 Å². The van der Waals surface area contributed by atoms with Crippen LogP contribution in [0.4, 0.5) is 13.2 Å². The molecule has 0 aromatic heterocycles. The molecule has 0 saturated carbocycles. The summed E-state index contributed by atoms with van der Waals surface area (Å²) in [5.41, 5.74) is 1.85. The van der Waals surface area contributed by atoms with Crippen LogP contribution in [0.25, 0.3) is 0 Å². The van der Waals surface area contributed by atoms with E-state index < -0.39 is 12.6 Å². The summed E-state index contributed by atoms with van der Waals surface area (Å²) in [4.78, 5) is 2.11. The minimum absolute atomic E-state index is 0.0247. The van der Waals surface area contributed by atoms with Gasteiger partial charge in [0.2, 0.25) is 0 Å². The lowest BCUT2D eigenvalue weighted by Gasteiger charge is -2.35. The van der Waals surface area contributed by atoms with Crippen molar-refractivity contribution in [2.24, 2.45) is 0 Å². The number of rotatable bonds is 8. The second-order valence-electron chi connectivity index (χ2n) is 7.14. The third kappa shape index (κ3) is 6.37. The van der Waals surface area contributed by atoms with E-state index >= 15 is 0 Å². The van der Waals surface area contributed by atoms with Crippen LogP contribution in [0.2, 0.25) is 0 Å². The number of benzene rings is 2. The van der Waals surface area contributed by atoms with Gasteiger partial charge in [0, 0.05) is 38.6 Å². The van der Waals surface area contributed by atoms with E-state index in [-0.39, 0.29) is 12.5 Å². The smallest absolute Gasteiger partial charge is 0.389 e. The molecule has 3 rings (SSSR count). The molecule has 0 amide bonds. The second-order valence-corrected chi connectivity index (χ2v) is 7.14. The summed E-state index contributed by atoms with van der Waals surface area (Å²) < 4.78 is 50.0. The van der Waals surface area contributed by atoms with Crippen molar-refractivity contribution in [3.05, 3.63) is 59.7 Å². The maximum absolute atomic E-state index is 12.9. The van der Waals surface area contributed by atoms with Gasteiger partial charge in [-0.1, -0.05) is 36.4 Å². The zero-order valence-corrected chi connectivity index (χ0v) is 16.5. The molecular formula is C22H27F3N2O2. The van der Waals surface area contributed by atoms with Crippen LogP contribution in [-0.4, -0.2) is 44.4 Å². The SMILES string of the molecule is COc1cc([C@H](CCC(F)(F)F)N2CCNCC2)ccc1OCc1ccccc1. The van der Waals surface area contributed by atoms with E-state index in [2.05, 4.69) is 10.2 Å². The van der Waals surface area contributed by atoms with Gasteiger partial charge in [-0.3, -0.25) is 4.90 Å². The van der Waals surface area contributed by atoms with Gasteiger partial charge in [-0.2, -0.15) is 13.2 Å². The van der Waals surface area contributed by atoms with E-state index in [0.717, 1.165) is 37.3 Å². The van der Waals surface area contributed by atoms with Crippen molar-refractivity contribution in [3.63, 3.8) is 0 Å². The third-order valence-electron chi connectivity index (χ3n) is 5.10. The van der Waals surface area contributed by atoms with Gasteiger partial charge < -0.3 is 14.8 Å². The van der Waals surface area contributed by atoms with Gasteiger partial charge >= 0.3 is 6.18 Å². The van der Waals surface area contributed by atoms with Crippen molar-refractivity contribution >= 4 is 0 Å². The van der Waals surface area contributed by atoms with E-state index in [4.69, 9.17) is 9.47 Å². The maximum atomic E-state index is 12.9. The Kier molecular flexibility index (Phi) is 7.39. The van der Waals surface area contributed by atoms with Gasteiger partial charge in [0.05, 0.1) is 7.11 Å². The monoisotopic (exact) mass is 408 g/mol. The number of methoxy groups -OCH3 is 1. The number of ether oxygens (including phenoxy) is 2. The Hall–Kier alpha value is -2.25. The Balaban J connectivity index is 1.77. The lowest BCUT2D eigenvalue weighted by atomic mass is 9.98.